The Bertz CT molecular complexity index is 751. The summed E-state index contributed by atoms with van der Waals surface area (Å²) in [5, 5.41) is 42.4. The van der Waals surface area contributed by atoms with Crippen molar-refractivity contribution in [2.24, 2.45) is 0 Å². The van der Waals surface area contributed by atoms with Crippen molar-refractivity contribution >= 4 is 5.91 Å². The molecule has 0 radical (unpaired) electrons. The highest BCUT2D eigenvalue weighted by Gasteiger charge is 2.26. The Morgan fingerprint density at radius 2 is 0.661 bits per heavy atom. The molecule has 0 fully saturated rings. The molecule has 336 valence electrons. The molecule has 3 atom stereocenters. The Balaban J connectivity index is 3.44. The summed E-state index contributed by atoms with van der Waals surface area (Å²) < 4.78 is 0. The van der Waals surface area contributed by atoms with E-state index in [2.05, 4.69) is 12.2 Å². The molecule has 0 bridgehead atoms. The van der Waals surface area contributed by atoms with Gasteiger partial charge in [-0.3, -0.25) is 4.79 Å². The molecule has 0 rings (SSSR count). The van der Waals surface area contributed by atoms with Gasteiger partial charge in [0.05, 0.1) is 18.8 Å². The van der Waals surface area contributed by atoms with Crippen molar-refractivity contribution < 1.29 is 25.2 Å². The maximum absolute atomic E-state index is 12.5. The molecule has 0 aliphatic rings. The van der Waals surface area contributed by atoms with Crippen molar-refractivity contribution in [1.29, 1.82) is 0 Å². The summed E-state index contributed by atoms with van der Waals surface area (Å²) in [6, 6.07) is -0.806. The molecule has 5 N–H and O–H groups in total. The Morgan fingerprint density at radius 3 is 0.946 bits per heavy atom. The highest BCUT2D eigenvalue weighted by molar-refractivity contribution is 5.76. The lowest BCUT2D eigenvalue weighted by atomic mass is 9.99. The first-order valence-electron chi connectivity index (χ1n) is 25.4. The molecule has 6 nitrogen and oxygen atoms in total. The number of aliphatic hydroxyl groups excluding tert-OH is 4. The maximum Gasteiger partial charge on any atom is 0.220 e. The van der Waals surface area contributed by atoms with E-state index >= 15 is 0 Å². The van der Waals surface area contributed by atoms with E-state index in [4.69, 9.17) is 5.11 Å². The Morgan fingerprint density at radius 1 is 0.393 bits per heavy atom. The first kappa shape index (κ1) is 55.3. The molecule has 0 aliphatic carbocycles. The van der Waals surface area contributed by atoms with Crippen LogP contribution in [0.4, 0.5) is 0 Å². The van der Waals surface area contributed by atoms with E-state index in [0.717, 1.165) is 44.9 Å². The van der Waals surface area contributed by atoms with E-state index in [9.17, 15) is 20.1 Å². The molecule has 1 amide bonds. The minimum atomic E-state index is -1.13. The molecule has 0 saturated heterocycles. The summed E-state index contributed by atoms with van der Waals surface area (Å²) in [5.74, 6) is -0.142. The minimum Gasteiger partial charge on any atom is -0.396 e. The van der Waals surface area contributed by atoms with Gasteiger partial charge in [-0.15, -0.1) is 0 Å². The fourth-order valence-electron chi connectivity index (χ4n) is 8.32. The van der Waals surface area contributed by atoms with Crippen LogP contribution in [0.1, 0.15) is 283 Å². The van der Waals surface area contributed by atoms with Crippen molar-refractivity contribution in [3.8, 4) is 0 Å². The van der Waals surface area contributed by atoms with Gasteiger partial charge in [-0.05, 0) is 19.3 Å². The zero-order valence-corrected chi connectivity index (χ0v) is 37.7. The summed E-state index contributed by atoms with van der Waals surface area (Å²) in [7, 11) is 0. The lowest BCUT2D eigenvalue weighted by Crippen LogP contribution is -2.50. The van der Waals surface area contributed by atoms with E-state index in [1.165, 1.54) is 218 Å². The maximum atomic E-state index is 12.5. The first-order chi connectivity index (χ1) is 27.6. The van der Waals surface area contributed by atoms with Crippen molar-refractivity contribution in [2.45, 2.75) is 301 Å². The van der Waals surface area contributed by atoms with E-state index < -0.39 is 18.2 Å². The SMILES string of the molecule is CCCCCCCCCCCCCC[C@@H](O)[C@@H](O)[C@H](CO)NC(=O)CCCCCCCCCCCCCCCCCCCCCCCCCCCCCCCO. The molecule has 0 saturated carbocycles. The third-order valence-corrected chi connectivity index (χ3v) is 12.3. The van der Waals surface area contributed by atoms with E-state index in [1.54, 1.807) is 0 Å². The van der Waals surface area contributed by atoms with Crippen LogP contribution in [-0.2, 0) is 4.79 Å². The summed E-state index contributed by atoms with van der Waals surface area (Å²) >= 11 is 0. The molecular formula is C50H101NO5. The molecule has 0 aliphatic heterocycles. The lowest BCUT2D eigenvalue weighted by molar-refractivity contribution is -0.124. The topological polar surface area (TPSA) is 110 Å². The van der Waals surface area contributed by atoms with Gasteiger partial charge in [-0.1, -0.05) is 257 Å². The molecule has 0 spiro atoms. The average Bonchev–Trinajstić information content (AvgIpc) is 3.20. The van der Waals surface area contributed by atoms with Crippen LogP contribution in [0.15, 0.2) is 0 Å². The van der Waals surface area contributed by atoms with Crippen LogP contribution < -0.4 is 5.32 Å². The monoisotopic (exact) mass is 796 g/mol. The number of carbonyl (C=O) groups is 1. The van der Waals surface area contributed by atoms with Crippen LogP contribution in [0.3, 0.4) is 0 Å². The number of rotatable bonds is 48. The van der Waals surface area contributed by atoms with Crippen LogP contribution in [0.2, 0.25) is 0 Å². The third kappa shape index (κ3) is 41.5. The van der Waals surface area contributed by atoms with E-state index in [0.29, 0.717) is 19.4 Å². The average molecular weight is 796 g/mol. The first-order valence-corrected chi connectivity index (χ1v) is 25.4. The normalized spacial score (nSPS) is 13.3. The second-order valence-electron chi connectivity index (χ2n) is 17.8. The van der Waals surface area contributed by atoms with Gasteiger partial charge < -0.3 is 25.7 Å². The predicted octanol–water partition coefficient (Wildman–Crippen LogP) is 14.0. The number of aliphatic hydroxyl groups is 4. The number of unbranched alkanes of at least 4 members (excludes halogenated alkanes) is 39. The Kier molecular flexibility index (Phi) is 46.4. The number of hydrogen-bond acceptors (Lipinski definition) is 5. The van der Waals surface area contributed by atoms with Gasteiger partial charge in [0.1, 0.15) is 6.10 Å². The third-order valence-electron chi connectivity index (χ3n) is 12.3. The largest absolute Gasteiger partial charge is 0.396 e. The standard InChI is InChI=1S/C50H101NO5/c1-2-3-4-5-6-7-8-28-31-34-37-40-43-48(54)50(56)47(46-53)51-49(55)44-41-38-35-32-29-26-24-22-20-18-16-14-12-10-9-11-13-15-17-19-21-23-25-27-30-33-36-39-42-45-52/h47-48,50,52-54,56H,2-46H2,1H3,(H,51,55)/t47-,48+,50-/m0/s1. The van der Waals surface area contributed by atoms with E-state index in [-0.39, 0.29) is 12.5 Å². The van der Waals surface area contributed by atoms with Gasteiger partial charge in [-0.2, -0.15) is 0 Å². The second kappa shape index (κ2) is 47.0. The Hall–Kier alpha value is -0.690. The number of nitrogens with one attached hydrogen (secondary N) is 1. The summed E-state index contributed by atoms with van der Waals surface area (Å²) in [6.07, 6.45) is 52.5. The van der Waals surface area contributed by atoms with Crippen molar-refractivity contribution in [3.05, 3.63) is 0 Å². The molecule has 0 unspecified atom stereocenters. The van der Waals surface area contributed by atoms with Gasteiger partial charge in [-0.25, -0.2) is 0 Å². The van der Waals surface area contributed by atoms with Crippen molar-refractivity contribution in [1.82, 2.24) is 5.32 Å². The highest BCUT2D eigenvalue weighted by atomic mass is 16.3. The van der Waals surface area contributed by atoms with Crippen LogP contribution in [-0.4, -0.2) is 57.8 Å². The second-order valence-corrected chi connectivity index (χ2v) is 17.8. The lowest BCUT2D eigenvalue weighted by Gasteiger charge is -2.26. The minimum absolute atomic E-state index is 0.142. The molecular weight excluding hydrogens is 695 g/mol. The van der Waals surface area contributed by atoms with Gasteiger partial charge in [0.15, 0.2) is 0 Å². The van der Waals surface area contributed by atoms with Crippen LogP contribution in [0.5, 0.6) is 0 Å². The number of amides is 1. The fourth-order valence-corrected chi connectivity index (χ4v) is 8.32. The fraction of sp³-hybridized carbons (Fsp3) is 0.980. The number of hydrogen-bond donors (Lipinski definition) is 5. The number of carbonyl (C=O) groups excluding carboxylic acids is 1. The van der Waals surface area contributed by atoms with E-state index in [1.807, 2.05) is 0 Å². The van der Waals surface area contributed by atoms with Crippen LogP contribution in [0, 0.1) is 0 Å². The van der Waals surface area contributed by atoms with Crippen molar-refractivity contribution in [3.63, 3.8) is 0 Å². The zero-order valence-electron chi connectivity index (χ0n) is 37.7. The van der Waals surface area contributed by atoms with Gasteiger partial charge in [0.25, 0.3) is 0 Å². The quantitative estimate of drug-likeness (QED) is 0.0394. The molecule has 0 heterocycles. The van der Waals surface area contributed by atoms with Gasteiger partial charge in [0.2, 0.25) is 5.91 Å². The molecule has 0 aromatic rings. The zero-order chi connectivity index (χ0) is 40.8. The smallest absolute Gasteiger partial charge is 0.220 e. The van der Waals surface area contributed by atoms with Gasteiger partial charge in [0, 0.05) is 13.0 Å². The molecule has 0 aromatic heterocycles. The molecule has 0 aromatic carbocycles. The predicted molar refractivity (Wildman–Crippen MR) is 242 cm³/mol. The highest BCUT2D eigenvalue weighted by Crippen LogP contribution is 2.18. The van der Waals surface area contributed by atoms with Crippen molar-refractivity contribution in [2.75, 3.05) is 13.2 Å². The Labute approximate surface area is 350 Å². The summed E-state index contributed by atoms with van der Waals surface area (Å²) in [5.41, 5.74) is 0. The van der Waals surface area contributed by atoms with Gasteiger partial charge >= 0.3 is 0 Å². The summed E-state index contributed by atoms with van der Waals surface area (Å²) in [6.45, 7) is 2.25. The van der Waals surface area contributed by atoms with Crippen LogP contribution >= 0.6 is 0 Å². The molecule has 56 heavy (non-hydrogen) atoms. The van der Waals surface area contributed by atoms with Crippen LogP contribution in [0.25, 0.3) is 0 Å². The molecule has 6 heteroatoms. The summed E-state index contributed by atoms with van der Waals surface area (Å²) in [4.78, 5) is 12.5.